The maximum Gasteiger partial charge on any atom is 0.323 e. The molecule has 0 aromatic carbocycles. The third kappa shape index (κ3) is 1.25. The molecule has 2 atom stereocenters. The first kappa shape index (κ1) is 9.72. The molecule has 3 nitrogen and oxygen atoms in total. The van der Waals surface area contributed by atoms with Gasteiger partial charge in [-0.15, -0.1) is 12.4 Å². The molecular weight excluding hydrogens is 154 g/mol. The summed E-state index contributed by atoms with van der Waals surface area (Å²) in [7, 11) is 0. The Morgan fingerprint density at radius 2 is 2.40 bits per heavy atom. The Labute approximate surface area is 66.0 Å². The molecule has 0 aromatic heterocycles. The Bertz CT molecular complexity index is 151. The van der Waals surface area contributed by atoms with Gasteiger partial charge >= 0.3 is 5.97 Å². The molecule has 1 rings (SSSR count). The van der Waals surface area contributed by atoms with Crippen molar-refractivity contribution in [1.82, 2.24) is 0 Å². The lowest BCUT2D eigenvalue weighted by Gasteiger charge is -2.01. The highest BCUT2D eigenvalue weighted by Crippen LogP contribution is 2.43. The summed E-state index contributed by atoms with van der Waals surface area (Å²) in [6.07, 6.45) is 1.53. The third-order valence-corrected chi connectivity index (χ3v) is 2.04. The zero-order valence-electron chi connectivity index (χ0n) is 5.83. The van der Waals surface area contributed by atoms with Gasteiger partial charge in [0.05, 0.1) is 0 Å². The smallest absolute Gasteiger partial charge is 0.323 e. The summed E-state index contributed by atoms with van der Waals surface area (Å²) in [5.74, 6) is -0.635. The van der Waals surface area contributed by atoms with E-state index in [0.717, 1.165) is 6.42 Å². The second-order valence-electron chi connectivity index (χ2n) is 2.65. The van der Waals surface area contributed by atoms with Gasteiger partial charge in [-0.3, -0.25) is 4.79 Å². The minimum Gasteiger partial charge on any atom is -0.480 e. The van der Waals surface area contributed by atoms with E-state index in [9.17, 15) is 4.79 Å². The van der Waals surface area contributed by atoms with E-state index >= 15 is 0 Å². The molecule has 1 fully saturated rings. The van der Waals surface area contributed by atoms with E-state index in [2.05, 4.69) is 0 Å². The predicted octanol–water partition coefficient (Wildman–Crippen LogP) is 0.620. The fourth-order valence-corrected chi connectivity index (χ4v) is 1.12. The summed E-state index contributed by atoms with van der Waals surface area (Å²) in [4.78, 5) is 10.3. The van der Waals surface area contributed by atoms with Crippen molar-refractivity contribution in [3.05, 3.63) is 0 Å². The van der Waals surface area contributed by atoms with Gasteiger partial charge in [-0.25, -0.2) is 0 Å². The van der Waals surface area contributed by atoms with Crippen molar-refractivity contribution >= 4 is 18.4 Å². The van der Waals surface area contributed by atoms with Gasteiger partial charge in [0.25, 0.3) is 0 Å². The maximum absolute atomic E-state index is 10.3. The van der Waals surface area contributed by atoms with Crippen LogP contribution in [-0.2, 0) is 4.79 Å². The van der Waals surface area contributed by atoms with E-state index < -0.39 is 11.5 Å². The number of carboxylic acid groups (broad SMARTS) is 1. The number of rotatable bonds is 2. The number of carbonyl (C=O) groups is 1. The molecule has 10 heavy (non-hydrogen) atoms. The van der Waals surface area contributed by atoms with E-state index in [1.807, 2.05) is 6.92 Å². The molecule has 0 aliphatic heterocycles. The molecule has 0 aromatic rings. The van der Waals surface area contributed by atoms with Gasteiger partial charge in [-0.05, 0) is 12.3 Å². The van der Waals surface area contributed by atoms with Crippen LogP contribution in [0.2, 0.25) is 0 Å². The molecule has 0 bridgehead atoms. The number of carboxylic acids is 1. The summed E-state index contributed by atoms with van der Waals surface area (Å²) in [6.45, 7) is 1.96. The summed E-state index contributed by atoms with van der Waals surface area (Å²) in [5, 5.41) is 8.49. The van der Waals surface area contributed by atoms with Crippen LogP contribution in [0.25, 0.3) is 0 Å². The number of halogens is 1. The Balaban J connectivity index is 0.000000810. The normalized spacial score (nSPS) is 36.4. The Kier molecular flexibility index (Phi) is 2.68. The molecule has 0 amide bonds. The highest BCUT2D eigenvalue weighted by Gasteiger charge is 2.56. The predicted molar refractivity (Wildman–Crippen MR) is 40.2 cm³/mol. The number of nitrogens with two attached hydrogens (primary N) is 1. The highest BCUT2D eigenvalue weighted by atomic mass is 35.5. The van der Waals surface area contributed by atoms with Gasteiger partial charge in [-0.1, -0.05) is 13.3 Å². The van der Waals surface area contributed by atoms with Gasteiger partial charge in [0.15, 0.2) is 0 Å². The van der Waals surface area contributed by atoms with Crippen LogP contribution in [0.3, 0.4) is 0 Å². The van der Waals surface area contributed by atoms with Crippen LogP contribution in [0.1, 0.15) is 19.8 Å². The minimum absolute atomic E-state index is 0. The largest absolute Gasteiger partial charge is 0.480 e. The summed E-state index contributed by atoms with van der Waals surface area (Å²) in [6, 6.07) is 0. The monoisotopic (exact) mass is 165 g/mol. The average molecular weight is 166 g/mol. The number of hydrogen-bond donors (Lipinski definition) is 2. The highest BCUT2D eigenvalue weighted by molar-refractivity contribution is 5.85. The average Bonchev–Trinajstić information content (AvgIpc) is 2.44. The van der Waals surface area contributed by atoms with Crippen molar-refractivity contribution in [2.75, 3.05) is 0 Å². The van der Waals surface area contributed by atoms with Crippen molar-refractivity contribution in [3.8, 4) is 0 Å². The van der Waals surface area contributed by atoms with E-state index in [1.165, 1.54) is 0 Å². The van der Waals surface area contributed by atoms with Crippen LogP contribution in [0, 0.1) is 5.92 Å². The van der Waals surface area contributed by atoms with E-state index in [4.69, 9.17) is 10.8 Å². The Hall–Kier alpha value is -0.280. The zero-order chi connectivity index (χ0) is 7.07. The van der Waals surface area contributed by atoms with Gasteiger partial charge < -0.3 is 10.8 Å². The second kappa shape index (κ2) is 2.76. The first-order valence-corrected chi connectivity index (χ1v) is 3.13. The summed E-state index contributed by atoms with van der Waals surface area (Å²) < 4.78 is 0. The number of aliphatic carboxylic acids is 1. The van der Waals surface area contributed by atoms with Gasteiger partial charge in [0.1, 0.15) is 5.54 Å². The van der Waals surface area contributed by atoms with Crippen molar-refractivity contribution in [1.29, 1.82) is 0 Å². The summed E-state index contributed by atoms with van der Waals surface area (Å²) >= 11 is 0. The number of hydrogen-bond acceptors (Lipinski definition) is 2. The van der Waals surface area contributed by atoms with E-state index in [0.29, 0.717) is 6.42 Å². The molecule has 3 N–H and O–H groups in total. The topological polar surface area (TPSA) is 63.3 Å². The van der Waals surface area contributed by atoms with E-state index in [1.54, 1.807) is 0 Å². The van der Waals surface area contributed by atoms with Crippen molar-refractivity contribution in [3.63, 3.8) is 0 Å². The molecule has 4 heteroatoms. The third-order valence-electron chi connectivity index (χ3n) is 2.04. The fraction of sp³-hybridized carbons (Fsp3) is 0.833. The molecule has 60 valence electrons. The lowest BCUT2D eigenvalue weighted by Crippen LogP contribution is -2.34. The molecule has 0 heterocycles. The van der Waals surface area contributed by atoms with E-state index in [-0.39, 0.29) is 18.3 Å². The lowest BCUT2D eigenvalue weighted by atomic mass is 10.2. The molecule has 1 aliphatic carbocycles. The zero-order valence-corrected chi connectivity index (χ0v) is 6.65. The van der Waals surface area contributed by atoms with Crippen LogP contribution in [0.15, 0.2) is 0 Å². The van der Waals surface area contributed by atoms with Crippen molar-refractivity contribution in [2.24, 2.45) is 11.7 Å². The lowest BCUT2D eigenvalue weighted by molar-refractivity contribution is -0.140. The van der Waals surface area contributed by atoms with Crippen LogP contribution in [-0.4, -0.2) is 16.6 Å². The molecule has 0 spiro atoms. The molecular formula is C6H12ClNO2. The first-order chi connectivity index (χ1) is 4.11. The SMILES string of the molecule is CCC1CC1(N)C(=O)O.Cl. The van der Waals surface area contributed by atoms with Crippen LogP contribution in [0.5, 0.6) is 0 Å². The quantitative estimate of drug-likeness (QED) is 0.631. The van der Waals surface area contributed by atoms with Crippen molar-refractivity contribution in [2.45, 2.75) is 25.3 Å². The van der Waals surface area contributed by atoms with Gasteiger partial charge in [0.2, 0.25) is 0 Å². The van der Waals surface area contributed by atoms with Crippen LogP contribution in [0.4, 0.5) is 0 Å². The standard InChI is InChI=1S/C6H11NO2.ClH/c1-2-4-3-6(4,7)5(8)9;/h4H,2-3,7H2,1H3,(H,8,9);1H. The first-order valence-electron chi connectivity index (χ1n) is 3.13. The Morgan fingerprint density at radius 3 is 2.50 bits per heavy atom. The fourth-order valence-electron chi connectivity index (χ4n) is 1.12. The molecule has 0 saturated heterocycles. The van der Waals surface area contributed by atoms with Crippen molar-refractivity contribution < 1.29 is 9.90 Å². The van der Waals surface area contributed by atoms with Crippen LogP contribution >= 0.6 is 12.4 Å². The second-order valence-corrected chi connectivity index (χ2v) is 2.65. The Morgan fingerprint density at radius 1 is 1.90 bits per heavy atom. The van der Waals surface area contributed by atoms with Crippen LogP contribution < -0.4 is 5.73 Å². The molecule has 1 saturated carbocycles. The minimum atomic E-state index is -0.866. The molecule has 2 unspecified atom stereocenters. The van der Waals surface area contributed by atoms with Gasteiger partial charge in [-0.2, -0.15) is 0 Å². The van der Waals surface area contributed by atoms with Gasteiger partial charge in [0, 0.05) is 0 Å². The molecule has 1 aliphatic rings. The maximum atomic E-state index is 10.3. The molecule has 0 radical (unpaired) electrons. The summed E-state index contributed by atoms with van der Waals surface area (Å²) in [5.41, 5.74) is 4.58.